The molecule has 2 heterocycles. The zero-order chi connectivity index (χ0) is 14.1. The summed E-state index contributed by atoms with van der Waals surface area (Å²) in [5, 5.41) is 4.63. The number of anilines is 2. The third-order valence-electron chi connectivity index (χ3n) is 2.86. The van der Waals surface area contributed by atoms with E-state index in [-0.39, 0.29) is 12.5 Å². The number of rotatable bonds is 3. The van der Waals surface area contributed by atoms with Gasteiger partial charge in [-0.3, -0.25) is 9.69 Å². The Kier molecular flexibility index (Phi) is 3.55. The van der Waals surface area contributed by atoms with Gasteiger partial charge in [0.2, 0.25) is 0 Å². The Labute approximate surface area is 127 Å². The number of hydrogen-bond acceptors (Lipinski definition) is 7. The fourth-order valence-corrected chi connectivity index (χ4v) is 2.75. The first-order valence-electron chi connectivity index (χ1n) is 5.69. The normalized spacial score (nSPS) is 13.9. The second-order valence-corrected chi connectivity index (χ2v) is 5.74. The highest BCUT2D eigenvalue weighted by Crippen LogP contribution is 2.35. The first kappa shape index (κ1) is 13.3. The summed E-state index contributed by atoms with van der Waals surface area (Å²) in [7, 11) is 0. The van der Waals surface area contributed by atoms with E-state index in [1.807, 2.05) is 18.2 Å². The smallest absolute Gasteiger partial charge is 0.265 e. The van der Waals surface area contributed by atoms with Gasteiger partial charge >= 0.3 is 0 Å². The molecule has 1 aliphatic rings. The number of halogens is 1. The molecular formula is C11H10BrN5O2S. The summed E-state index contributed by atoms with van der Waals surface area (Å²) in [5.41, 5.74) is 3.85. The Morgan fingerprint density at radius 1 is 1.55 bits per heavy atom. The van der Waals surface area contributed by atoms with Crippen LogP contribution in [0, 0.1) is 0 Å². The van der Waals surface area contributed by atoms with Gasteiger partial charge in [-0.2, -0.15) is 0 Å². The van der Waals surface area contributed by atoms with Gasteiger partial charge < -0.3 is 10.2 Å². The molecule has 7 nitrogen and oxygen atoms in total. The van der Waals surface area contributed by atoms with Crippen molar-refractivity contribution in [2.45, 2.75) is 6.54 Å². The molecule has 2 aromatic rings. The molecule has 0 aliphatic carbocycles. The number of nitrogens with zero attached hydrogens (tertiary/aromatic N) is 3. The number of hydrazine groups is 1. The summed E-state index contributed by atoms with van der Waals surface area (Å²) in [4.78, 5) is 13.7. The minimum atomic E-state index is -0.133. The molecule has 0 saturated carbocycles. The van der Waals surface area contributed by atoms with E-state index in [0.717, 1.165) is 16.0 Å². The molecule has 9 heteroatoms. The van der Waals surface area contributed by atoms with Crippen LogP contribution in [0.2, 0.25) is 0 Å². The van der Waals surface area contributed by atoms with Crippen molar-refractivity contribution >= 4 is 44.1 Å². The molecule has 0 bridgehead atoms. The molecule has 3 N–H and O–H groups in total. The molecule has 1 aromatic heterocycles. The average molecular weight is 356 g/mol. The summed E-state index contributed by atoms with van der Waals surface area (Å²) in [5.74, 6) is 5.93. The Balaban J connectivity index is 1.97. The summed E-state index contributed by atoms with van der Waals surface area (Å²) in [6.07, 6.45) is 0. The molecule has 0 unspecified atom stereocenters. The van der Waals surface area contributed by atoms with Gasteiger partial charge in [0.15, 0.2) is 6.61 Å². The van der Waals surface area contributed by atoms with Crippen molar-refractivity contribution in [2.75, 3.05) is 16.9 Å². The van der Waals surface area contributed by atoms with Crippen LogP contribution < -0.4 is 20.9 Å². The molecule has 1 amide bonds. The molecule has 104 valence electrons. The van der Waals surface area contributed by atoms with Crippen LogP contribution in [0.25, 0.3) is 0 Å². The van der Waals surface area contributed by atoms with Crippen LogP contribution in [0.3, 0.4) is 0 Å². The van der Waals surface area contributed by atoms with Crippen molar-refractivity contribution in [2.24, 2.45) is 5.84 Å². The van der Waals surface area contributed by atoms with E-state index in [2.05, 4.69) is 30.9 Å². The number of nitrogens with two attached hydrogens (primary N) is 1. The molecule has 0 atom stereocenters. The quantitative estimate of drug-likeness (QED) is 0.640. The predicted octanol–water partition coefficient (Wildman–Crippen LogP) is 1.51. The number of ether oxygens (including phenoxy) is 1. The lowest BCUT2D eigenvalue weighted by Gasteiger charge is -2.29. The van der Waals surface area contributed by atoms with Gasteiger partial charge in [0.05, 0.1) is 12.2 Å². The molecule has 0 spiro atoms. The molecule has 0 radical (unpaired) electrons. The van der Waals surface area contributed by atoms with Crippen LogP contribution in [-0.4, -0.2) is 22.1 Å². The van der Waals surface area contributed by atoms with E-state index in [9.17, 15) is 4.79 Å². The standard InChI is InChI=1S/C11H10BrN5O2S/c12-6-1-2-9-8(3-6)17(10(18)5-19-9)4-7-11(14-13)20-16-15-7/h1-3,14H,4-5,13H2. The number of carbonyl (C=O) groups excluding carboxylic acids is 1. The van der Waals surface area contributed by atoms with E-state index in [4.69, 9.17) is 10.6 Å². The maximum absolute atomic E-state index is 12.1. The lowest BCUT2D eigenvalue weighted by Crippen LogP contribution is -2.38. The molecule has 3 rings (SSSR count). The third kappa shape index (κ3) is 2.35. The second-order valence-electron chi connectivity index (χ2n) is 4.07. The van der Waals surface area contributed by atoms with E-state index in [0.29, 0.717) is 28.7 Å². The molecule has 0 saturated heterocycles. The van der Waals surface area contributed by atoms with Crippen molar-refractivity contribution in [3.05, 3.63) is 28.4 Å². The largest absolute Gasteiger partial charge is 0.482 e. The Morgan fingerprint density at radius 3 is 3.20 bits per heavy atom. The number of hydrogen-bond donors (Lipinski definition) is 2. The zero-order valence-corrected chi connectivity index (χ0v) is 12.6. The Bertz CT molecular complexity index is 662. The highest BCUT2D eigenvalue weighted by atomic mass is 79.9. The predicted molar refractivity (Wildman–Crippen MR) is 78.5 cm³/mol. The summed E-state index contributed by atoms with van der Waals surface area (Å²) >= 11 is 4.54. The fraction of sp³-hybridized carbons (Fsp3) is 0.182. The highest BCUT2D eigenvalue weighted by molar-refractivity contribution is 9.10. The number of nitrogen functional groups attached to an aromatic ring is 1. The van der Waals surface area contributed by atoms with E-state index in [1.165, 1.54) is 0 Å². The van der Waals surface area contributed by atoms with Crippen LogP contribution >= 0.6 is 27.5 Å². The van der Waals surface area contributed by atoms with E-state index >= 15 is 0 Å². The van der Waals surface area contributed by atoms with Gasteiger partial charge in [0.25, 0.3) is 5.91 Å². The number of aromatic nitrogens is 2. The van der Waals surface area contributed by atoms with Gasteiger partial charge in [0, 0.05) is 16.0 Å². The number of amides is 1. The zero-order valence-electron chi connectivity index (χ0n) is 10.2. The minimum absolute atomic E-state index is 0.0115. The lowest BCUT2D eigenvalue weighted by atomic mass is 10.2. The average Bonchev–Trinajstić information content (AvgIpc) is 2.89. The molecule has 1 aliphatic heterocycles. The monoisotopic (exact) mass is 355 g/mol. The van der Waals surface area contributed by atoms with Crippen LogP contribution in [-0.2, 0) is 11.3 Å². The molecule has 20 heavy (non-hydrogen) atoms. The van der Waals surface area contributed by atoms with Gasteiger partial charge in [0.1, 0.15) is 16.4 Å². The first-order chi connectivity index (χ1) is 9.69. The van der Waals surface area contributed by atoms with Crippen LogP contribution in [0.5, 0.6) is 5.75 Å². The van der Waals surface area contributed by atoms with Crippen LogP contribution in [0.4, 0.5) is 10.7 Å². The van der Waals surface area contributed by atoms with Crippen LogP contribution in [0.15, 0.2) is 22.7 Å². The van der Waals surface area contributed by atoms with Gasteiger partial charge in [-0.15, -0.1) is 5.10 Å². The number of carbonyl (C=O) groups is 1. The maximum Gasteiger partial charge on any atom is 0.265 e. The SMILES string of the molecule is NNc1snnc1CN1C(=O)COc2ccc(Br)cc21. The molecular weight excluding hydrogens is 346 g/mol. The second kappa shape index (κ2) is 5.35. The number of nitrogens with one attached hydrogen (secondary N) is 1. The van der Waals surface area contributed by atoms with E-state index in [1.54, 1.807) is 4.90 Å². The molecule has 1 aromatic carbocycles. The summed E-state index contributed by atoms with van der Waals surface area (Å²) in [6, 6.07) is 5.52. The Hall–Kier alpha value is -1.71. The number of fused-ring (bicyclic) bond motifs is 1. The fourth-order valence-electron chi connectivity index (χ4n) is 1.92. The maximum atomic E-state index is 12.1. The molecule has 0 fully saturated rings. The van der Waals surface area contributed by atoms with Crippen molar-refractivity contribution < 1.29 is 9.53 Å². The van der Waals surface area contributed by atoms with Crippen molar-refractivity contribution in [1.82, 2.24) is 9.59 Å². The van der Waals surface area contributed by atoms with Crippen molar-refractivity contribution in [3.63, 3.8) is 0 Å². The van der Waals surface area contributed by atoms with Gasteiger partial charge in [-0.1, -0.05) is 20.4 Å². The highest BCUT2D eigenvalue weighted by Gasteiger charge is 2.27. The van der Waals surface area contributed by atoms with Crippen LogP contribution in [0.1, 0.15) is 5.69 Å². The van der Waals surface area contributed by atoms with Crippen molar-refractivity contribution in [3.8, 4) is 5.75 Å². The number of benzene rings is 1. The minimum Gasteiger partial charge on any atom is -0.482 e. The topological polar surface area (TPSA) is 93.4 Å². The van der Waals surface area contributed by atoms with Gasteiger partial charge in [-0.05, 0) is 18.2 Å². The first-order valence-corrected chi connectivity index (χ1v) is 7.26. The third-order valence-corrected chi connectivity index (χ3v) is 4.05. The Morgan fingerprint density at radius 2 is 2.40 bits per heavy atom. The van der Waals surface area contributed by atoms with Crippen molar-refractivity contribution in [1.29, 1.82) is 0 Å². The summed E-state index contributed by atoms with van der Waals surface area (Å²) in [6.45, 7) is 0.305. The van der Waals surface area contributed by atoms with E-state index < -0.39 is 0 Å². The summed E-state index contributed by atoms with van der Waals surface area (Å²) < 4.78 is 10.1. The lowest BCUT2D eigenvalue weighted by molar-refractivity contribution is -0.121. The van der Waals surface area contributed by atoms with Gasteiger partial charge in [-0.25, -0.2) is 5.84 Å².